The molecule has 1 aromatic rings. The Kier molecular flexibility index (Phi) is 3.39. The summed E-state index contributed by atoms with van der Waals surface area (Å²) in [5.41, 5.74) is 0.546. The maximum atomic E-state index is 11.6. The third-order valence-electron chi connectivity index (χ3n) is 2.66. The molecular formula is C11H17NO2S. The summed E-state index contributed by atoms with van der Waals surface area (Å²) >= 11 is 1.63. The predicted octanol–water partition coefficient (Wildman–Crippen LogP) is 2.44. The second-order valence-corrected chi connectivity index (χ2v) is 4.91. The van der Waals surface area contributed by atoms with E-state index < -0.39 is 5.54 Å². The van der Waals surface area contributed by atoms with Crippen molar-refractivity contribution in [3.63, 3.8) is 0 Å². The van der Waals surface area contributed by atoms with Crippen LogP contribution in [-0.4, -0.2) is 25.7 Å². The Balaban J connectivity index is 2.99. The molecule has 0 unspecified atom stereocenters. The molecule has 15 heavy (non-hydrogen) atoms. The molecular weight excluding hydrogens is 210 g/mol. The highest BCUT2D eigenvalue weighted by atomic mass is 32.1. The SMILES string of the molecule is COC(=O)C(C)(C)N(C)c1sccc1C. The molecule has 0 atom stereocenters. The molecule has 1 aromatic heterocycles. The summed E-state index contributed by atoms with van der Waals surface area (Å²) in [6.45, 7) is 5.76. The molecule has 0 aliphatic rings. The molecule has 0 spiro atoms. The van der Waals surface area contributed by atoms with E-state index in [0.29, 0.717) is 0 Å². The zero-order valence-corrected chi connectivity index (χ0v) is 10.6. The molecule has 0 amide bonds. The lowest BCUT2D eigenvalue weighted by Crippen LogP contribution is -2.48. The van der Waals surface area contributed by atoms with E-state index in [4.69, 9.17) is 4.74 Å². The van der Waals surface area contributed by atoms with Crippen molar-refractivity contribution in [2.24, 2.45) is 0 Å². The number of ether oxygens (including phenoxy) is 1. The van der Waals surface area contributed by atoms with E-state index in [1.807, 2.05) is 44.2 Å². The minimum Gasteiger partial charge on any atom is -0.467 e. The van der Waals surface area contributed by atoms with Gasteiger partial charge in [-0.2, -0.15) is 0 Å². The van der Waals surface area contributed by atoms with Gasteiger partial charge in [-0.3, -0.25) is 0 Å². The third kappa shape index (κ3) is 2.15. The predicted molar refractivity (Wildman–Crippen MR) is 63.6 cm³/mol. The molecule has 0 fully saturated rings. The number of rotatable bonds is 3. The average molecular weight is 227 g/mol. The lowest BCUT2D eigenvalue weighted by molar-refractivity contribution is -0.145. The summed E-state index contributed by atoms with van der Waals surface area (Å²) in [6.07, 6.45) is 0. The van der Waals surface area contributed by atoms with Crippen molar-refractivity contribution in [1.82, 2.24) is 0 Å². The first-order valence-corrected chi connectivity index (χ1v) is 5.65. The van der Waals surface area contributed by atoms with Gasteiger partial charge in [0.15, 0.2) is 0 Å². The summed E-state index contributed by atoms with van der Waals surface area (Å²) < 4.78 is 4.80. The van der Waals surface area contributed by atoms with Crippen molar-refractivity contribution >= 4 is 22.3 Å². The van der Waals surface area contributed by atoms with Crippen molar-refractivity contribution in [3.05, 3.63) is 17.0 Å². The summed E-state index contributed by atoms with van der Waals surface area (Å²) in [7, 11) is 3.33. The number of carbonyl (C=O) groups excluding carboxylic acids is 1. The van der Waals surface area contributed by atoms with E-state index in [2.05, 4.69) is 0 Å². The van der Waals surface area contributed by atoms with Gasteiger partial charge in [-0.25, -0.2) is 4.79 Å². The normalized spacial score (nSPS) is 11.3. The summed E-state index contributed by atoms with van der Waals surface area (Å²) in [4.78, 5) is 13.6. The lowest BCUT2D eigenvalue weighted by atomic mass is 10.0. The number of carbonyl (C=O) groups is 1. The number of aryl methyl sites for hydroxylation is 1. The summed E-state index contributed by atoms with van der Waals surface area (Å²) in [5, 5.41) is 3.12. The third-order valence-corrected chi connectivity index (χ3v) is 3.75. The largest absolute Gasteiger partial charge is 0.467 e. The maximum absolute atomic E-state index is 11.6. The minimum absolute atomic E-state index is 0.224. The van der Waals surface area contributed by atoms with Crippen LogP contribution in [0.1, 0.15) is 19.4 Å². The molecule has 0 saturated heterocycles. The van der Waals surface area contributed by atoms with Gasteiger partial charge in [-0.15, -0.1) is 11.3 Å². The van der Waals surface area contributed by atoms with Crippen LogP contribution in [0.15, 0.2) is 11.4 Å². The molecule has 0 aromatic carbocycles. The van der Waals surface area contributed by atoms with Crippen molar-refractivity contribution in [3.8, 4) is 0 Å². The maximum Gasteiger partial charge on any atom is 0.331 e. The van der Waals surface area contributed by atoms with Gasteiger partial charge >= 0.3 is 5.97 Å². The summed E-state index contributed by atoms with van der Waals surface area (Å²) in [5.74, 6) is -0.224. The fraction of sp³-hybridized carbons (Fsp3) is 0.545. The average Bonchev–Trinajstić information content (AvgIpc) is 2.61. The van der Waals surface area contributed by atoms with Gasteiger partial charge in [-0.05, 0) is 37.8 Å². The Morgan fingerprint density at radius 3 is 2.53 bits per heavy atom. The Hall–Kier alpha value is -1.03. The Bertz CT molecular complexity index is 357. The van der Waals surface area contributed by atoms with E-state index in [0.717, 1.165) is 5.00 Å². The van der Waals surface area contributed by atoms with Gasteiger partial charge in [0.2, 0.25) is 0 Å². The van der Waals surface area contributed by atoms with Crippen molar-refractivity contribution in [2.45, 2.75) is 26.3 Å². The molecule has 0 bridgehead atoms. The van der Waals surface area contributed by atoms with Gasteiger partial charge < -0.3 is 9.64 Å². The number of methoxy groups -OCH3 is 1. The molecule has 1 rings (SSSR count). The van der Waals surface area contributed by atoms with Gasteiger partial charge in [-0.1, -0.05) is 0 Å². The standard InChI is InChI=1S/C11H17NO2S/c1-8-6-7-15-9(8)12(4)11(2,3)10(13)14-5/h6-7H,1-5H3. The van der Waals surface area contributed by atoms with Crippen LogP contribution < -0.4 is 4.90 Å². The van der Waals surface area contributed by atoms with Gasteiger partial charge in [0.25, 0.3) is 0 Å². The van der Waals surface area contributed by atoms with E-state index >= 15 is 0 Å². The van der Waals surface area contributed by atoms with Crippen molar-refractivity contribution in [1.29, 1.82) is 0 Å². The molecule has 0 radical (unpaired) electrons. The number of hydrogen-bond donors (Lipinski definition) is 0. The zero-order valence-electron chi connectivity index (χ0n) is 9.83. The highest BCUT2D eigenvalue weighted by Crippen LogP contribution is 2.31. The first kappa shape index (κ1) is 12.0. The smallest absolute Gasteiger partial charge is 0.331 e. The van der Waals surface area contributed by atoms with Crippen LogP contribution in [0.2, 0.25) is 0 Å². The topological polar surface area (TPSA) is 29.5 Å². The van der Waals surface area contributed by atoms with Crippen molar-refractivity contribution < 1.29 is 9.53 Å². The first-order chi connectivity index (χ1) is 6.91. The number of anilines is 1. The number of thiophene rings is 1. The minimum atomic E-state index is -0.635. The monoisotopic (exact) mass is 227 g/mol. The molecule has 3 nitrogen and oxygen atoms in total. The zero-order chi connectivity index (χ0) is 11.6. The van der Waals surface area contributed by atoms with Crippen molar-refractivity contribution in [2.75, 3.05) is 19.1 Å². The molecule has 0 saturated carbocycles. The van der Waals surface area contributed by atoms with Crippen LogP contribution in [0, 0.1) is 6.92 Å². The van der Waals surface area contributed by atoms with E-state index in [1.165, 1.54) is 12.7 Å². The first-order valence-electron chi connectivity index (χ1n) is 4.77. The molecule has 1 heterocycles. The van der Waals surface area contributed by atoms with Crippen LogP contribution in [0.25, 0.3) is 0 Å². The van der Waals surface area contributed by atoms with Gasteiger partial charge in [0.05, 0.1) is 12.1 Å². The molecule has 0 aliphatic carbocycles. The number of likely N-dealkylation sites (N-methyl/N-ethyl adjacent to an activating group) is 1. The summed E-state index contributed by atoms with van der Waals surface area (Å²) in [6, 6.07) is 2.05. The van der Waals surface area contributed by atoms with E-state index in [9.17, 15) is 4.79 Å². The fourth-order valence-electron chi connectivity index (χ4n) is 1.35. The molecule has 4 heteroatoms. The second kappa shape index (κ2) is 4.23. The fourth-order valence-corrected chi connectivity index (χ4v) is 2.39. The Morgan fingerprint density at radius 2 is 2.13 bits per heavy atom. The van der Waals surface area contributed by atoms with E-state index in [-0.39, 0.29) is 5.97 Å². The van der Waals surface area contributed by atoms with Gasteiger partial charge in [0.1, 0.15) is 5.54 Å². The number of esters is 1. The number of hydrogen-bond acceptors (Lipinski definition) is 4. The molecule has 84 valence electrons. The van der Waals surface area contributed by atoms with E-state index in [1.54, 1.807) is 11.3 Å². The van der Waals surface area contributed by atoms with Crippen LogP contribution in [0.4, 0.5) is 5.00 Å². The van der Waals surface area contributed by atoms with Crippen LogP contribution in [0.5, 0.6) is 0 Å². The Labute approximate surface area is 94.7 Å². The Morgan fingerprint density at radius 1 is 1.53 bits per heavy atom. The van der Waals surface area contributed by atoms with Crippen LogP contribution in [0.3, 0.4) is 0 Å². The highest BCUT2D eigenvalue weighted by Gasteiger charge is 2.34. The van der Waals surface area contributed by atoms with Crippen LogP contribution in [-0.2, 0) is 9.53 Å². The number of nitrogens with zero attached hydrogens (tertiary/aromatic N) is 1. The highest BCUT2D eigenvalue weighted by molar-refractivity contribution is 7.14. The molecule has 0 aliphatic heterocycles. The molecule has 0 N–H and O–H groups in total. The van der Waals surface area contributed by atoms with Gasteiger partial charge in [0, 0.05) is 7.05 Å². The quantitative estimate of drug-likeness (QED) is 0.743. The van der Waals surface area contributed by atoms with Crippen LogP contribution >= 0.6 is 11.3 Å². The lowest BCUT2D eigenvalue weighted by Gasteiger charge is -2.34. The second-order valence-electron chi connectivity index (χ2n) is 4.02.